The number of rotatable bonds is 4. The Labute approximate surface area is 122 Å². The first-order chi connectivity index (χ1) is 9.74. The Balaban J connectivity index is 1.46. The van der Waals surface area contributed by atoms with Crippen LogP contribution in [0.15, 0.2) is 24.0 Å². The van der Waals surface area contributed by atoms with E-state index in [2.05, 4.69) is 41.0 Å². The van der Waals surface area contributed by atoms with Gasteiger partial charge in [0.15, 0.2) is 0 Å². The van der Waals surface area contributed by atoms with Gasteiger partial charge in [-0.1, -0.05) is 18.6 Å². The van der Waals surface area contributed by atoms with Crippen molar-refractivity contribution in [2.24, 2.45) is 17.8 Å². The van der Waals surface area contributed by atoms with E-state index in [0.29, 0.717) is 0 Å². The molecule has 1 N–H and O–H groups in total. The molecule has 1 aromatic heterocycles. The van der Waals surface area contributed by atoms with Crippen molar-refractivity contribution in [2.45, 2.75) is 46.1 Å². The first-order valence-electron chi connectivity index (χ1n) is 8.11. The van der Waals surface area contributed by atoms with E-state index in [1.165, 1.54) is 25.1 Å². The zero-order chi connectivity index (χ0) is 13.9. The summed E-state index contributed by atoms with van der Waals surface area (Å²) < 4.78 is 2.32. The summed E-state index contributed by atoms with van der Waals surface area (Å²) in [5.41, 5.74) is 1.59. The Morgan fingerprint density at radius 1 is 1.35 bits per heavy atom. The van der Waals surface area contributed by atoms with E-state index in [1.54, 1.807) is 5.57 Å². The number of imidazole rings is 1. The predicted molar refractivity (Wildman–Crippen MR) is 82.6 cm³/mol. The molecule has 3 rings (SSSR count). The van der Waals surface area contributed by atoms with Gasteiger partial charge in [0.05, 0.1) is 0 Å². The molecule has 1 aliphatic heterocycles. The van der Waals surface area contributed by atoms with Gasteiger partial charge in [-0.3, -0.25) is 0 Å². The minimum absolute atomic E-state index is 0.746. The Kier molecular flexibility index (Phi) is 4.25. The lowest BCUT2D eigenvalue weighted by Crippen LogP contribution is -2.35. The lowest BCUT2D eigenvalue weighted by Gasteiger charge is -2.30. The van der Waals surface area contributed by atoms with Crippen molar-refractivity contribution in [3.05, 3.63) is 29.9 Å². The van der Waals surface area contributed by atoms with Gasteiger partial charge in [0.2, 0.25) is 0 Å². The second-order valence-electron chi connectivity index (χ2n) is 6.67. The Hall–Kier alpha value is -1.09. The average molecular weight is 273 g/mol. The molecule has 0 bridgehead atoms. The standard InChI is InChI=1S/C17H27N3/c1-13-4-3-5-14(2)16(13)11-18-10-15-6-7-17-19-8-9-20(17)12-15/h4,8-9,14-16,18H,3,5-7,10-12H2,1-2H3/t14-,15+,16+/m0/s1. The van der Waals surface area contributed by atoms with Crippen LogP contribution >= 0.6 is 0 Å². The highest BCUT2D eigenvalue weighted by Crippen LogP contribution is 2.29. The molecule has 2 heterocycles. The maximum Gasteiger partial charge on any atom is 0.108 e. The van der Waals surface area contributed by atoms with Gasteiger partial charge in [0.1, 0.15) is 5.82 Å². The molecule has 3 heteroatoms. The van der Waals surface area contributed by atoms with Gasteiger partial charge in [-0.05, 0) is 50.5 Å². The molecule has 1 aromatic rings. The van der Waals surface area contributed by atoms with Crippen LogP contribution in [0.4, 0.5) is 0 Å². The second-order valence-corrected chi connectivity index (χ2v) is 6.67. The highest BCUT2D eigenvalue weighted by molar-refractivity contribution is 5.09. The fourth-order valence-electron chi connectivity index (χ4n) is 3.78. The zero-order valence-corrected chi connectivity index (χ0v) is 12.8. The zero-order valence-electron chi connectivity index (χ0n) is 12.8. The Morgan fingerprint density at radius 3 is 3.10 bits per heavy atom. The number of allylic oxidation sites excluding steroid dienone is 1. The maximum absolute atomic E-state index is 4.40. The van der Waals surface area contributed by atoms with Crippen molar-refractivity contribution in [1.82, 2.24) is 14.9 Å². The van der Waals surface area contributed by atoms with Crippen molar-refractivity contribution < 1.29 is 0 Å². The van der Waals surface area contributed by atoms with E-state index in [4.69, 9.17) is 0 Å². The fraction of sp³-hybridized carbons (Fsp3) is 0.706. The van der Waals surface area contributed by atoms with Crippen LogP contribution in [-0.2, 0) is 13.0 Å². The molecule has 0 spiro atoms. The van der Waals surface area contributed by atoms with Crippen molar-refractivity contribution in [3.63, 3.8) is 0 Å². The normalized spacial score (nSPS) is 29.9. The third-order valence-corrected chi connectivity index (χ3v) is 5.19. The van der Waals surface area contributed by atoms with Crippen LogP contribution in [0.1, 0.15) is 38.9 Å². The van der Waals surface area contributed by atoms with Gasteiger partial charge >= 0.3 is 0 Å². The summed E-state index contributed by atoms with van der Waals surface area (Å²) in [5.74, 6) is 3.61. The van der Waals surface area contributed by atoms with Gasteiger partial charge in [-0.2, -0.15) is 0 Å². The molecule has 0 saturated heterocycles. The van der Waals surface area contributed by atoms with E-state index in [1.807, 2.05) is 6.20 Å². The smallest absolute Gasteiger partial charge is 0.108 e. The molecular formula is C17H27N3. The van der Waals surface area contributed by atoms with Crippen LogP contribution < -0.4 is 5.32 Å². The molecule has 0 aromatic carbocycles. The van der Waals surface area contributed by atoms with Crippen molar-refractivity contribution >= 4 is 0 Å². The molecule has 0 radical (unpaired) electrons. The molecule has 3 atom stereocenters. The van der Waals surface area contributed by atoms with Crippen molar-refractivity contribution in [3.8, 4) is 0 Å². The van der Waals surface area contributed by atoms with Gasteiger partial charge in [0, 0.05) is 31.9 Å². The molecule has 1 aliphatic carbocycles. The van der Waals surface area contributed by atoms with E-state index in [9.17, 15) is 0 Å². The predicted octanol–water partition coefficient (Wildman–Crippen LogP) is 3.03. The molecule has 0 unspecified atom stereocenters. The van der Waals surface area contributed by atoms with Crippen LogP contribution in [0.5, 0.6) is 0 Å². The summed E-state index contributed by atoms with van der Waals surface area (Å²) in [4.78, 5) is 4.40. The van der Waals surface area contributed by atoms with Crippen LogP contribution in [0.25, 0.3) is 0 Å². The monoisotopic (exact) mass is 273 g/mol. The summed E-state index contributed by atoms with van der Waals surface area (Å²) in [5, 5.41) is 3.73. The topological polar surface area (TPSA) is 29.9 Å². The fourth-order valence-corrected chi connectivity index (χ4v) is 3.78. The molecular weight excluding hydrogens is 246 g/mol. The molecule has 0 fully saturated rings. The number of aryl methyl sites for hydroxylation is 1. The molecule has 0 amide bonds. The number of fused-ring (bicyclic) bond motifs is 1. The maximum atomic E-state index is 4.40. The molecule has 3 nitrogen and oxygen atoms in total. The number of aromatic nitrogens is 2. The SMILES string of the molecule is CC1=CCC[C@H](C)[C@@H]1CNC[C@H]1CCc2nccn2C1. The van der Waals surface area contributed by atoms with Crippen molar-refractivity contribution in [1.29, 1.82) is 0 Å². The summed E-state index contributed by atoms with van der Waals surface area (Å²) in [6, 6.07) is 0. The van der Waals surface area contributed by atoms with E-state index in [0.717, 1.165) is 43.8 Å². The van der Waals surface area contributed by atoms with Crippen molar-refractivity contribution in [2.75, 3.05) is 13.1 Å². The van der Waals surface area contributed by atoms with Crippen LogP contribution in [0.3, 0.4) is 0 Å². The molecule has 2 aliphatic rings. The lowest BCUT2D eigenvalue weighted by atomic mass is 9.80. The minimum atomic E-state index is 0.746. The molecule has 110 valence electrons. The van der Waals surface area contributed by atoms with E-state index < -0.39 is 0 Å². The van der Waals surface area contributed by atoms with E-state index >= 15 is 0 Å². The van der Waals surface area contributed by atoms with Gasteiger partial charge in [-0.15, -0.1) is 0 Å². The van der Waals surface area contributed by atoms with Crippen LogP contribution in [0.2, 0.25) is 0 Å². The first-order valence-corrected chi connectivity index (χ1v) is 8.11. The Bertz CT molecular complexity index is 474. The third-order valence-electron chi connectivity index (χ3n) is 5.19. The third kappa shape index (κ3) is 2.98. The largest absolute Gasteiger partial charge is 0.335 e. The second kappa shape index (κ2) is 6.13. The minimum Gasteiger partial charge on any atom is -0.335 e. The average Bonchev–Trinajstić information content (AvgIpc) is 2.89. The quantitative estimate of drug-likeness (QED) is 0.855. The highest BCUT2D eigenvalue weighted by atomic mass is 15.1. The van der Waals surface area contributed by atoms with Gasteiger partial charge in [-0.25, -0.2) is 4.98 Å². The van der Waals surface area contributed by atoms with Crippen LogP contribution in [-0.4, -0.2) is 22.6 Å². The summed E-state index contributed by atoms with van der Waals surface area (Å²) in [6.07, 6.45) is 11.5. The number of nitrogens with zero attached hydrogens (tertiary/aromatic N) is 2. The summed E-state index contributed by atoms with van der Waals surface area (Å²) in [6.45, 7) is 8.14. The van der Waals surface area contributed by atoms with E-state index in [-0.39, 0.29) is 0 Å². The number of hydrogen-bond acceptors (Lipinski definition) is 2. The Morgan fingerprint density at radius 2 is 2.25 bits per heavy atom. The van der Waals surface area contributed by atoms with Gasteiger partial charge < -0.3 is 9.88 Å². The molecule has 0 saturated carbocycles. The first kappa shape index (κ1) is 13.9. The summed E-state index contributed by atoms with van der Waals surface area (Å²) >= 11 is 0. The van der Waals surface area contributed by atoms with Gasteiger partial charge in [0.25, 0.3) is 0 Å². The lowest BCUT2D eigenvalue weighted by molar-refractivity contribution is 0.311. The highest BCUT2D eigenvalue weighted by Gasteiger charge is 2.23. The number of hydrogen-bond donors (Lipinski definition) is 1. The number of nitrogens with one attached hydrogen (secondary N) is 1. The van der Waals surface area contributed by atoms with Crippen LogP contribution in [0, 0.1) is 17.8 Å². The molecule has 20 heavy (non-hydrogen) atoms. The summed E-state index contributed by atoms with van der Waals surface area (Å²) in [7, 11) is 0.